The van der Waals surface area contributed by atoms with Gasteiger partial charge in [-0.2, -0.15) is 5.26 Å². The van der Waals surface area contributed by atoms with Crippen molar-refractivity contribution in [1.82, 2.24) is 4.98 Å². The van der Waals surface area contributed by atoms with Crippen LogP contribution in [-0.2, 0) is 12.0 Å². The van der Waals surface area contributed by atoms with Gasteiger partial charge in [0.1, 0.15) is 6.54 Å². The highest BCUT2D eigenvalue weighted by atomic mass is 35.5. The molecule has 0 aliphatic carbocycles. The van der Waals surface area contributed by atoms with Gasteiger partial charge in [-0.05, 0) is 11.6 Å². The first-order chi connectivity index (χ1) is 12.1. The Hall–Kier alpha value is -1.93. The second kappa shape index (κ2) is 6.10. The molecule has 128 valence electrons. The van der Waals surface area contributed by atoms with Crippen LogP contribution < -0.4 is 0 Å². The first-order valence-electron chi connectivity index (χ1n) is 8.70. The van der Waals surface area contributed by atoms with Crippen LogP contribution in [0.2, 0.25) is 5.02 Å². The van der Waals surface area contributed by atoms with Gasteiger partial charge >= 0.3 is 0 Å². The zero-order valence-electron chi connectivity index (χ0n) is 13.9. The van der Waals surface area contributed by atoms with Gasteiger partial charge in [-0.25, -0.2) is 0 Å². The van der Waals surface area contributed by atoms with Crippen molar-refractivity contribution in [3.8, 4) is 6.07 Å². The summed E-state index contributed by atoms with van der Waals surface area (Å²) < 4.78 is -0.193. The lowest BCUT2D eigenvalue weighted by molar-refractivity contribution is -0.934. The minimum atomic E-state index is -0.646. The second-order valence-corrected chi connectivity index (χ2v) is 7.81. The molecule has 2 aromatic rings. The predicted octanol–water partition coefficient (Wildman–Crippen LogP) is 4.34. The number of pyridine rings is 1. The van der Waals surface area contributed by atoms with E-state index in [1.54, 1.807) is 12.4 Å². The molecule has 25 heavy (non-hydrogen) atoms. The van der Waals surface area contributed by atoms with E-state index in [1.807, 2.05) is 36.4 Å². The van der Waals surface area contributed by atoms with Gasteiger partial charge in [0.2, 0.25) is 0 Å². The minimum Gasteiger partial charge on any atom is -0.632 e. The standard InChI is InChI=1S/C20H20ClN3O/c21-17-8-16(11-23-12-17)20(14-22)9-18-6-7-19(10-20)24(18,25)13-15-4-2-1-3-5-15/h1-5,8,11-12,18-19H,6-7,9-10,13H2. The number of quaternary nitrogens is 1. The lowest BCUT2D eigenvalue weighted by Gasteiger charge is -2.55. The minimum absolute atomic E-state index is 0.0439. The molecule has 2 fully saturated rings. The van der Waals surface area contributed by atoms with Gasteiger partial charge in [0.25, 0.3) is 0 Å². The molecule has 2 aliphatic heterocycles. The first-order valence-corrected chi connectivity index (χ1v) is 9.08. The van der Waals surface area contributed by atoms with E-state index in [0.29, 0.717) is 24.4 Å². The summed E-state index contributed by atoms with van der Waals surface area (Å²) in [7, 11) is 0. The molecule has 4 nitrogen and oxygen atoms in total. The molecule has 1 aromatic heterocycles. The Morgan fingerprint density at radius 1 is 1.20 bits per heavy atom. The highest BCUT2D eigenvalue weighted by Crippen LogP contribution is 2.51. The molecule has 1 aromatic carbocycles. The van der Waals surface area contributed by atoms with Crippen LogP contribution in [0, 0.1) is 16.5 Å². The Balaban J connectivity index is 1.66. The van der Waals surface area contributed by atoms with Crippen molar-refractivity contribution in [3.63, 3.8) is 0 Å². The first kappa shape index (κ1) is 16.5. The number of halogens is 1. The molecule has 2 atom stereocenters. The van der Waals surface area contributed by atoms with E-state index in [-0.39, 0.29) is 16.7 Å². The van der Waals surface area contributed by atoms with Gasteiger partial charge in [-0.1, -0.05) is 41.9 Å². The second-order valence-electron chi connectivity index (χ2n) is 7.38. The fraction of sp³-hybridized carbons (Fsp3) is 0.400. The number of hydrogen-bond donors (Lipinski definition) is 0. The lowest BCUT2D eigenvalue weighted by atomic mass is 9.71. The normalized spacial score (nSPS) is 33.8. The van der Waals surface area contributed by atoms with Gasteiger partial charge in [0.05, 0.1) is 28.6 Å². The van der Waals surface area contributed by atoms with Crippen molar-refractivity contribution < 1.29 is 4.65 Å². The van der Waals surface area contributed by atoms with E-state index in [1.165, 1.54) is 0 Å². The quantitative estimate of drug-likeness (QED) is 0.609. The Morgan fingerprint density at radius 3 is 2.48 bits per heavy atom. The highest BCUT2D eigenvalue weighted by Gasteiger charge is 2.56. The molecule has 5 heteroatoms. The number of benzene rings is 1. The molecule has 2 unspecified atom stereocenters. The maximum Gasteiger partial charge on any atom is 0.105 e. The van der Waals surface area contributed by atoms with Crippen LogP contribution in [-0.4, -0.2) is 21.7 Å². The molecule has 0 N–H and O–H groups in total. The summed E-state index contributed by atoms with van der Waals surface area (Å²) in [6, 6.07) is 14.2. The monoisotopic (exact) mass is 353 g/mol. The summed E-state index contributed by atoms with van der Waals surface area (Å²) in [6.07, 6.45) is 6.25. The Labute approximate surface area is 152 Å². The molecule has 4 rings (SSSR count). The van der Waals surface area contributed by atoms with Crippen molar-refractivity contribution >= 4 is 11.6 Å². The van der Waals surface area contributed by atoms with E-state index >= 15 is 0 Å². The van der Waals surface area contributed by atoms with Crippen molar-refractivity contribution in [1.29, 1.82) is 5.26 Å². The third-order valence-electron chi connectivity index (χ3n) is 5.98. The van der Waals surface area contributed by atoms with E-state index in [0.717, 1.165) is 24.0 Å². The van der Waals surface area contributed by atoms with E-state index in [9.17, 15) is 10.5 Å². The molecule has 0 radical (unpaired) electrons. The number of nitriles is 1. The molecule has 0 saturated carbocycles. The van der Waals surface area contributed by atoms with E-state index in [4.69, 9.17) is 11.6 Å². The molecule has 0 spiro atoms. The van der Waals surface area contributed by atoms with Crippen molar-refractivity contribution in [3.05, 3.63) is 70.1 Å². The molecule has 2 bridgehead atoms. The Morgan fingerprint density at radius 2 is 1.88 bits per heavy atom. The van der Waals surface area contributed by atoms with E-state index in [2.05, 4.69) is 11.1 Å². The maximum absolute atomic E-state index is 13.7. The summed E-state index contributed by atoms with van der Waals surface area (Å²) in [5.41, 5.74) is 1.28. The van der Waals surface area contributed by atoms with Gasteiger partial charge in [0.15, 0.2) is 0 Å². The highest BCUT2D eigenvalue weighted by molar-refractivity contribution is 6.30. The maximum atomic E-state index is 13.7. The summed E-state index contributed by atoms with van der Waals surface area (Å²) in [5.74, 6) is 0. The Kier molecular flexibility index (Phi) is 4.04. The largest absolute Gasteiger partial charge is 0.632 e. The number of fused-ring (bicyclic) bond motifs is 2. The zero-order chi connectivity index (χ0) is 17.5. The van der Waals surface area contributed by atoms with Crippen LogP contribution >= 0.6 is 11.6 Å². The predicted molar refractivity (Wildman–Crippen MR) is 96.4 cm³/mol. The molecular weight excluding hydrogens is 334 g/mol. The number of piperidine rings is 1. The molecular formula is C20H20ClN3O. The number of rotatable bonds is 3. The SMILES string of the molecule is N#CC1(c2cncc(Cl)c2)CC2CCC(C1)[N+]2([O-])Cc1ccccc1. The third-order valence-corrected chi connectivity index (χ3v) is 6.19. The molecule has 3 heterocycles. The number of hydroxylamine groups is 3. The van der Waals surface area contributed by atoms with Crippen LogP contribution in [0.4, 0.5) is 0 Å². The summed E-state index contributed by atoms with van der Waals surface area (Å²) in [6.45, 7) is 0.492. The average molecular weight is 354 g/mol. The number of hydrogen-bond acceptors (Lipinski definition) is 3. The third kappa shape index (κ3) is 2.73. The Bertz CT molecular complexity index is 803. The molecule has 0 amide bonds. The lowest BCUT2D eigenvalue weighted by Crippen LogP contribution is -2.59. The van der Waals surface area contributed by atoms with Gasteiger partial charge in [-0.15, -0.1) is 0 Å². The average Bonchev–Trinajstić information content (AvgIpc) is 2.81. The van der Waals surface area contributed by atoms with Crippen molar-refractivity contribution in [2.45, 2.75) is 49.7 Å². The van der Waals surface area contributed by atoms with Gasteiger partial charge < -0.3 is 9.85 Å². The number of nitrogens with zero attached hydrogens (tertiary/aromatic N) is 3. The fourth-order valence-electron chi connectivity index (χ4n) is 4.71. The van der Waals surface area contributed by atoms with Gasteiger partial charge in [0, 0.05) is 43.6 Å². The van der Waals surface area contributed by atoms with E-state index < -0.39 is 5.41 Å². The van der Waals surface area contributed by atoms with Crippen LogP contribution in [0.25, 0.3) is 0 Å². The van der Waals surface area contributed by atoms with Crippen LogP contribution in [0.15, 0.2) is 48.8 Å². The van der Waals surface area contributed by atoms with Crippen LogP contribution in [0.1, 0.15) is 36.8 Å². The zero-order valence-corrected chi connectivity index (χ0v) is 14.7. The van der Waals surface area contributed by atoms with Crippen molar-refractivity contribution in [2.75, 3.05) is 0 Å². The molecule has 2 aliphatic rings. The summed E-state index contributed by atoms with van der Waals surface area (Å²) >= 11 is 6.10. The molecule has 2 saturated heterocycles. The fourth-order valence-corrected chi connectivity index (χ4v) is 4.89. The summed E-state index contributed by atoms with van der Waals surface area (Å²) in [4.78, 5) is 4.16. The van der Waals surface area contributed by atoms with Gasteiger partial charge in [-0.3, -0.25) is 4.98 Å². The smallest absolute Gasteiger partial charge is 0.105 e. The van der Waals surface area contributed by atoms with Crippen molar-refractivity contribution in [2.24, 2.45) is 0 Å². The topological polar surface area (TPSA) is 59.7 Å². The van der Waals surface area contributed by atoms with Crippen LogP contribution in [0.5, 0.6) is 0 Å². The van der Waals surface area contributed by atoms with Crippen LogP contribution in [0.3, 0.4) is 0 Å². The summed E-state index contributed by atoms with van der Waals surface area (Å²) in [5, 5.41) is 24.2. The number of aromatic nitrogens is 1.